The molecule has 0 heterocycles. The number of carbonyl (C=O) groups excluding carboxylic acids is 1. The maximum absolute atomic E-state index is 11.1. The van der Waals surface area contributed by atoms with E-state index < -0.39 is 0 Å². The molecule has 1 rings (SSSR count). The average Bonchev–Trinajstić information content (AvgIpc) is 2.39. The van der Waals surface area contributed by atoms with Crippen LogP contribution in [0.5, 0.6) is 0 Å². The number of nitrogens with zero attached hydrogens (tertiary/aromatic N) is 1. The average molecular weight is 316 g/mol. The highest BCUT2D eigenvalue weighted by Crippen LogP contribution is 2.23. The lowest BCUT2D eigenvalue weighted by Crippen LogP contribution is -2.31. The van der Waals surface area contributed by atoms with Crippen LogP contribution in [-0.2, 0) is 9.47 Å². The van der Waals surface area contributed by atoms with E-state index in [1.165, 1.54) is 0 Å². The molecular weight excluding hydrogens is 298 g/mol. The van der Waals surface area contributed by atoms with Gasteiger partial charge in [-0.05, 0) is 18.2 Å². The van der Waals surface area contributed by atoms with Crippen molar-refractivity contribution in [3.8, 4) is 0 Å². The zero-order valence-corrected chi connectivity index (χ0v) is 12.3. The van der Waals surface area contributed by atoms with Gasteiger partial charge in [0.15, 0.2) is 6.29 Å². The fraction of sp³-hybridized carbons (Fsp3) is 0.462. The smallest absolute Gasteiger partial charge is 0.152 e. The maximum Gasteiger partial charge on any atom is 0.152 e. The van der Waals surface area contributed by atoms with Gasteiger partial charge in [0, 0.05) is 43.0 Å². The molecule has 0 radical (unpaired) electrons. The van der Waals surface area contributed by atoms with Crippen molar-refractivity contribution < 1.29 is 14.3 Å². The summed E-state index contributed by atoms with van der Waals surface area (Å²) in [5.74, 6) is 0. The Morgan fingerprint density at radius 1 is 1.22 bits per heavy atom. The van der Waals surface area contributed by atoms with Crippen LogP contribution in [0, 0.1) is 0 Å². The molecule has 0 aliphatic heterocycles. The molecule has 1 aromatic carbocycles. The number of hydrogen-bond donors (Lipinski definition) is 0. The van der Waals surface area contributed by atoms with Crippen LogP contribution >= 0.6 is 15.9 Å². The second-order valence-corrected chi connectivity index (χ2v) is 4.71. The third-order valence-electron chi connectivity index (χ3n) is 2.59. The summed E-state index contributed by atoms with van der Waals surface area (Å²) < 4.78 is 11.1. The van der Waals surface area contributed by atoms with Crippen molar-refractivity contribution >= 4 is 27.9 Å². The number of aldehydes is 1. The Kier molecular flexibility index (Phi) is 6.93. The van der Waals surface area contributed by atoms with E-state index in [2.05, 4.69) is 20.8 Å². The van der Waals surface area contributed by atoms with Gasteiger partial charge in [-0.3, -0.25) is 4.79 Å². The normalized spacial score (nSPS) is 10.4. The summed E-state index contributed by atoms with van der Waals surface area (Å²) in [6.45, 7) is 2.67. The first-order valence-electron chi connectivity index (χ1n) is 5.70. The fourth-order valence-electron chi connectivity index (χ4n) is 1.66. The SMILES string of the molecule is COCCN(CCOC)c1ccc(Br)cc1C=O. The monoisotopic (exact) mass is 315 g/mol. The molecule has 1 aromatic rings. The molecule has 4 nitrogen and oxygen atoms in total. The second kappa shape index (κ2) is 8.24. The third-order valence-corrected chi connectivity index (χ3v) is 3.08. The van der Waals surface area contributed by atoms with Crippen LogP contribution in [-0.4, -0.2) is 46.8 Å². The van der Waals surface area contributed by atoms with Gasteiger partial charge in [-0.2, -0.15) is 0 Å². The van der Waals surface area contributed by atoms with Crippen LogP contribution in [0.25, 0.3) is 0 Å². The van der Waals surface area contributed by atoms with Gasteiger partial charge >= 0.3 is 0 Å². The molecule has 0 saturated carbocycles. The van der Waals surface area contributed by atoms with Crippen molar-refractivity contribution in [1.29, 1.82) is 0 Å². The molecular formula is C13H18BrNO3. The molecule has 0 amide bonds. The quantitative estimate of drug-likeness (QED) is 0.690. The molecule has 0 fully saturated rings. The summed E-state index contributed by atoms with van der Waals surface area (Å²) in [4.78, 5) is 13.2. The second-order valence-electron chi connectivity index (χ2n) is 3.79. The van der Waals surface area contributed by atoms with E-state index in [0.717, 1.165) is 29.5 Å². The van der Waals surface area contributed by atoms with Gasteiger partial charge in [0.25, 0.3) is 0 Å². The molecule has 5 heteroatoms. The number of benzene rings is 1. The Morgan fingerprint density at radius 2 is 1.83 bits per heavy atom. The van der Waals surface area contributed by atoms with Crippen molar-refractivity contribution in [2.45, 2.75) is 0 Å². The number of rotatable bonds is 8. The minimum absolute atomic E-state index is 0.609. The van der Waals surface area contributed by atoms with Gasteiger partial charge in [0.1, 0.15) is 0 Å². The van der Waals surface area contributed by atoms with Crippen LogP contribution < -0.4 is 4.90 Å². The van der Waals surface area contributed by atoms with E-state index >= 15 is 0 Å². The van der Waals surface area contributed by atoms with Gasteiger partial charge in [0.05, 0.1) is 13.2 Å². The Labute approximate surface area is 116 Å². The molecule has 0 aliphatic carbocycles. The zero-order valence-electron chi connectivity index (χ0n) is 10.7. The van der Waals surface area contributed by atoms with Gasteiger partial charge in [-0.15, -0.1) is 0 Å². The van der Waals surface area contributed by atoms with E-state index in [1.807, 2.05) is 18.2 Å². The summed E-state index contributed by atoms with van der Waals surface area (Å²) in [6.07, 6.45) is 0.868. The summed E-state index contributed by atoms with van der Waals surface area (Å²) in [5.41, 5.74) is 1.57. The first-order chi connectivity index (χ1) is 8.72. The predicted molar refractivity (Wildman–Crippen MR) is 75.5 cm³/mol. The zero-order chi connectivity index (χ0) is 13.4. The molecule has 0 aliphatic rings. The largest absolute Gasteiger partial charge is 0.383 e. The molecule has 0 spiro atoms. The van der Waals surface area contributed by atoms with Crippen molar-refractivity contribution in [3.63, 3.8) is 0 Å². The lowest BCUT2D eigenvalue weighted by atomic mass is 10.1. The molecule has 0 saturated heterocycles. The molecule has 0 N–H and O–H groups in total. The van der Waals surface area contributed by atoms with E-state index in [9.17, 15) is 4.79 Å². The number of anilines is 1. The predicted octanol–water partition coefficient (Wildman–Crippen LogP) is 2.36. The van der Waals surface area contributed by atoms with Crippen molar-refractivity contribution in [1.82, 2.24) is 0 Å². The summed E-state index contributed by atoms with van der Waals surface area (Å²) in [5, 5.41) is 0. The van der Waals surface area contributed by atoms with Gasteiger partial charge in [-0.1, -0.05) is 15.9 Å². The van der Waals surface area contributed by atoms with Gasteiger partial charge < -0.3 is 14.4 Å². The van der Waals surface area contributed by atoms with Crippen LogP contribution in [0.3, 0.4) is 0 Å². The van der Waals surface area contributed by atoms with Crippen molar-refractivity contribution in [2.24, 2.45) is 0 Å². The molecule has 0 bridgehead atoms. The standard InChI is InChI=1S/C13H18BrNO3/c1-17-7-5-15(6-8-18-2)13-4-3-12(14)9-11(13)10-16/h3-4,9-10H,5-8H2,1-2H3. The van der Waals surface area contributed by atoms with Crippen LogP contribution in [0.1, 0.15) is 10.4 Å². The molecule has 0 atom stereocenters. The fourth-order valence-corrected chi connectivity index (χ4v) is 2.04. The Hall–Kier alpha value is -0.910. The lowest BCUT2D eigenvalue weighted by molar-refractivity contribution is 0.112. The molecule has 18 heavy (non-hydrogen) atoms. The first-order valence-corrected chi connectivity index (χ1v) is 6.49. The highest BCUT2D eigenvalue weighted by molar-refractivity contribution is 9.10. The van der Waals surface area contributed by atoms with Crippen molar-refractivity contribution in [2.75, 3.05) is 45.4 Å². The van der Waals surface area contributed by atoms with Crippen LogP contribution in [0.4, 0.5) is 5.69 Å². The molecule has 100 valence electrons. The minimum Gasteiger partial charge on any atom is -0.383 e. The topological polar surface area (TPSA) is 38.8 Å². The Morgan fingerprint density at radius 3 is 2.33 bits per heavy atom. The third kappa shape index (κ3) is 4.40. The Balaban J connectivity index is 2.91. The van der Waals surface area contributed by atoms with Crippen LogP contribution in [0.2, 0.25) is 0 Å². The Bertz CT molecular complexity index is 376. The summed E-state index contributed by atoms with van der Waals surface area (Å²) in [7, 11) is 3.33. The first kappa shape index (κ1) is 15.1. The summed E-state index contributed by atoms with van der Waals surface area (Å²) >= 11 is 3.36. The highest BCUT2D eigenvalue weighted by atomic mass is 79.9. The lowest BCUT2D eigenvalue weighted by Gasteiger charge is -2.25. The number of methoxy groups -OCH3 is 2. The number of hydrogen-bond acceptors (Lipinski definition) is 4. The van der Waals surface area contributed by atoms with Gasteiger partial charge in [0.2, 0.25) is 0 Å². The van der Waals surface area contributed by atoms with E-state index in [0.29, 0.717) is 18.8 Å². The van der Waals surface area contributed by atoms with Crippen LogP contribution in [0.15, 0.2) is 22.7 Å². The van der Waals surface area contributed by atoms with E-state index in [-0.39, 0.29) is 0 Å². The number of carbonyl (C=O) groups is 1. The molecule has 0 aromatic heterocycles. The van der Waals surface area contributed by atoms with Gasteiger partial charge in [-0.25, -0.2) is 0 Å². The van der Waals surface area contributed by atoms with E-state index in [4.69, 9.17) is 9.47 Å². The number of halogens is 1. The number of ether oxygens (including phenoxy) is 2. The van der Waals surface area contributed by atoms with E-state index in [1.54, 1.807) is 14.2 Å². The molecule has 0 unspecified atom stereocenters. The summed E-state index contributed by atoms with van der Waals surface area (Å²) in [6, 6.07) is 5.67. The van der Waals surface area contributed by atoms with Crippen molar-refractivity contribution in [3.05, 3.63) is 28.2 Å². The highest BCUT2D eigenvalue weighted by Gasteiger charge is 2.11. The minimum atomic E-state index is 0.609. The maximum atomic E-state index is 11.1.